The Morgan fingerprint density at radius 1 is 1.37 bits per heavy atom. The minimum absolute atomic E-state index is 0.506. The van der Waals surface area contributed by atoms with Crippen LogP contribution in [0, 0.1) is 11.8 Å². The van der Waals surface area contributed by atoms with Crippen LogP contribution in [0.25, 0.3) is 0 Å². The summed E-state index contributed by atoms with van der Waals surface area (Å²) < 4.78 is 11.0. The zero-order valence-corrected chi connectivity index (χ0v) is 11.8. The van der Waals surface area contributed by atoms with Crippen molar-refractivity contribution in [1.29, 1.82) is 0 Å². The van der Waals surface area contributed by atoms with Crippen molar-refractivity contribution in [1.82, 2.24) is 15.5 Å². The number of ether oxygens (including phenoxy) is 1. The van der Waals surface area contributed by atoms with Crippen molar-refractivity contribution in [2.24, 2.45) is 11.8 Å². The number of hydrogen-bond donors (Lipinski definition) is 2. The molecule has 0 saturated carbocycles. The minimum atomic E-state index is 0.506. The van der Waals surface area contributed by atoms with Gasteiger partial charge in [0.2, 0.25) is 5.89 Å². The summed E-state index contributed by atoms with van der Waals surface area (Å²) in [6.45, 7) is 8.46. The summed E-state index contributed by atoms with van der Waals surface area (Å²) in [6, 6.07) is 0.506. The molecule has 0 spiro atoms. The zero-order chi connectivity index (χ0) is 13.5. The lowest BCUT2D eigenvalue weighted by molar-refractivity contribution is 0.0593. The number of hydrogen-bond acceptors (Lipinski definition) is 6. The van der Waals surface area contributed by atoms with E-state index in [1.165, 1.54) is 6.42 Å². The zero-order valence-electron chi connectivity index (χ0n) is 11.8. The quantitative estimate of drug-likeness (QED) is 0.783. The van der Waals surface area contributed by atoms with Gasteiger partial charge in [-0.25, -0.2) is 0 Å². The molecule has 6 nitrogen and oxygen atoms in total. The summed E-state index contributed by atoms with van der Waals surface area (Å²) in [5.41, 5.74) is 0. The van der Waals surface area contributed by atoms with Crippen LogP contribution in [-0.4, -0.2) is 36.5 Å². The van der Waals surface area contributed by atoms with E-state index in [0.717, 1.165) is 32.7 Å². The van der Waals surface area contributed by atoms with Gasteiger partial charge in [0.25, 0.3) is 0 Å². The fourth-order valence-electron chi connectivity index (χ4n) is 2.06. The van der Waals surface area contributed by atoms with Gasteiger partial charge in [-0.3, -0.25) is 0 Å². The first-order chi connectivity index (χ1) is 9.24. The van der Waals surface area contributed by atoms with E-state index in [9.17, 15) is 0 Å². The van der Waals surface area contributed by atoms with Crippen molar-refractivity contribution < 1.29 is 9.15 Å². The average Bonchev–Trinajstić information content (AvgIpc) is 2.85. The molecule has 2 rings (SSSR count). The summed E-state index contributed by atoms with van der Waals surface area (Å²) in [7, 11) is 0. The Balaban J connectivity index is 1.68. The monoisotopic (exact) mass is 268 g/mol. The highest BCUT2D eigenvalue weighted by atomic mass is 16.5. The first-order valence-electron chi connectivity index (χ1n) is 7.08. The summed E-state index contributed by atoms with van der Waals surface area (Å²) >= 11 is 0. The van der Waals surface area contributed by atoms with Gasteiger partial charge in [0, 0.05) is 13.2 Å². The molecule has 0 aromatic carbocycles. The smallest absolute Gasteiger partial charge is 0.315 e. The highest BCUT2D eigenvalue weighted by Crippen LogP contribution is 2.14. The number of anilines is 1. The van der Waals surface area contributed by atoms with Crippen molar-refractivity contribution >= 4 is 6.01 Å². The Labute approximate surface area is 114 Å². The minimum Gasteiger partial charge on any atom is -0.407 e. The second-order valence-corrected chi connectivity index (χ2v) is 5.49. The molecule has 6 heteroatoms. The fourth-order valence-corrected chi connectivity index (χ4v) is 2.06. The van der Waals surface area contributed by atoms with E-state index in [1.807, 2.05) is 0 Å². The molecule has 0 radical (unpaired) electrons. The highest BCUT2D eigenvalue weighted by molar-refractivity contribution is 5.16. The van der Waals surface area contributed by atoms with Gasteiger partial charge in [0.05, 0.1) is 13.2 Å². The lowest BCUT2D eigenvalue weighted by atomic mass is 10.0. The lowest BCUT2D eigenvalue weighted by Crippen LogP contribution is -2.24. The molecule has 0 aliphatic carbocycles. The highest BCUT2D eigenvalue weighted by Gasteiger charge is 2.14. The molecule has 108 valence electrons. The lowest BCUT2D eigenvalue weighted by Gasteiger charge is -2.21. The van der Waals surface area contributed by atoms with Crippen molar-refractivity contribution in [3.05, 3.63) is 5.89 Å². The van der Waals surface area contributed by atoms with Crippen LogP contribution in [-0.2, 0) is 11.3 Å². The summed E-state index contributed by atoms with van der Waals surface area (Å²) in [6.07, 6.45) is 2.34. The van der Waals surface area contributed by atoms with Crippen LogP contribution in [0.4, 0.5) is 6.01 Å². The van der Waals surface area contributed by atoms with Gasteiger partial charge in [-0.05, 0) is 31.2 Å². The molecule has 1 aliphatic rings. The predicted octanol–water partition coefficient (Wildman–Crippen LogP) is 1.65. The topological polar surface area (TPSA) is 72.2 Å². The molecule has 0 bridgehead atoms. The summed E-state index contributed by atoms with van der Waals surface area (Å²) in [5, 5.41) is 14.5. The third-order valence-corrected chi connectivity index (χ3v) is 3.09. The van der Waals surface area contributed by atoms with Gasteiger partial charge in [-0.2, -0.15) is 0 Å². The maximum atomic E-state index is 5.52. The predicted molar refractivity (Wildman–Crippen MR) is 72.9 cm³/mol. The van der Waals surface area contributed by atoms with Gasteiger partial charge in [-0.1, -0.05) is 18.9 Å². The van der Waals surface area contributed by atoms with E-state index in [1.54, 1.807) is 0 Å². The van der Waals surface area contributed by atoms with Gasteiger partial charge >= 0.3 is 6.01 Å². The first kappa shape index (κ1) is 14.3. The van der Waals surface area contributed by atoms with E-state index in [0.29, 0.717) is 30.3 Å². The Kier molecular flexibility index (Phi) is 5.60. The van der Waals surface area contributed by atoms with Crippen LogP contribution in [0.1, 0.15) is 32.6 Å². The molecule has 1 fully saturated rings. The van der Waals surface area contributed by atoms with E-state index < -0.39 is 0 Å². The van der Waals surface area contributed by atoms with Crippen LogP contribution in [0.2, 0.25) is 0 Å². The number of rotatable bonds is 7. The Bertz CT molecular complexity index is 361. The molecule has 2 heterocycles. The van der Waals surface area contributed by atoms with Crippen LogP contribution in [0.3, 0.4) is 0 Å². The van der Waals surface area contributed by atoms with E-state index in [-0.39, 0.29) is 0 Å². The average molecular weight is 268 g/mol. The van der Waals surface area contributed by atoms with Crippen LogP contribution in [0.15, 0.2) is 4.42 Å². The van der Waals surface area contributed by atoms with Gasteiger partial charge < -0.3 is 19.8 Å². The van der Waals surface area contributed by atoms with E-state index >= 15 is 0 Å². The van der Waals surface area contributed by atoms with Crippen molar-refractivity contribution in [3.8, 4) is 0 Å². The molecule has 1 aromatic rings. The first-order valence-corrected chi connectivity index (χ1v) is 7.08. The molecular formula is C13H24N4O2. The van der Waals surface area contributed by atoms with Crippen molar-refractivity contribution in [2.75, 3.05) is 31.6 Å². The molecule has 19 heavy (non-hydrogen) atoms. The Morgan fingerprint density at radius 3 is 3.00 bits per heavy atom. The molecule has 1 atom stereocenters. The van der Waals surface area contributed by atoms with Crippen LogP contribution >= 0.6 is 0 Å². The van der Waals surface area contributed by atoms with Gasteiger partial charge in [0.15, 0.2) is 0 Å². The van der Waals surface area contributed by atoms with Crippen molar-refractivity contribution in [3.63, 3.8) is 0 Å². The summed E-state index contributed by atoms with van der Waals surface area (Å²) in [4.78, 5) is 0. The number of nitrogens with one attached hydrogen (secondary N) is 2. The molecule has 1 unspecified atom stereocenters. The largest absolute Gasteiger partial charge is 0.407 e. The Hall–Kier alpha value is -1.14. The third kappa shape index (κ3) is 5.16. The molecular weight excluding hydrogens is 244 g/mol. The maximum Gasteiger partial charge on any atom is 0.315 e. The third-order valence-electron chi connectivity index (χ3n) is 3.09. The van der Waals surface area contributed by atoms with Crippen molar-refractivity contribution in [2.45, 2.75) is 33.2 Å². The second kappa shape index (κ2) is 7.45. The SMILES string of the molecule is CC(C)CNCc1nnc(NCC2CCCOC2)o1. The summed E-state index contributed by atoms with van der Waals surface area (Å²) in [5.74, 6) is 1.79. The van der Waals surface area contributed by atoms with Crippen LogP contribution < -0.4 is 10.6 Å². The Morgan fingerprint density at radius 2 is 2.26 bits per heavy atom. The molecule has 1 aromatic heterocycles. The van der Waals surface area contributed by atoms with Gasteiger partial charge in [-0.15, -0.1) is 5.10 Å². The molecule has 1 aliphatic heterocycles. The number of aromatic nitrogens is 2. The van der Waals surface area contributed by atoms with E-state index in [2.05, 4.69) is 34.7 Å². The van der Waals surface area contributed by atoms with E-state index in [4.69, 9.17) is 9.15 Å². The fraction of sp³-hybridized carbons (Fsp3) is 0.846. The molecule has 2 N–H and O–H groups in total. The maximum absolute atomic E-state index is 5.52. The number of nitrogens with zero attached hydrogens (tertiary/aromatic N) is 2. The standard InChI is InChI=1S/C13H24N4O2/c1-10(2)6-14-8-12-16-17-13(19-12)15-7-11-4-3-5-18-9-11/h10-11,14H,3-9H2,1-2H3,(H,15,17). The normalized spacial score (nSPS) is 19.8. The molecule has 0 amide bonds. The van der Waals surface area contributed by atoms with Gasteiger partial charge in [0.1, 0.15) is 0 Å². The van der Waals surface area contributed by atoms with Crippen LogP contribution in [0.5, 0.6) is 0 Å². The second-order valence-electron chi connectivity index (χ2n) is 5.49. The molecule has 1 saturated heterocycles.